The van der Waals surface area contributed by atoms with E-state index in [4.69, 9.17) is 6.42 Å². The summed E-state index contributed by atoms with van der Waals surface area (Å²) in [7, 11) is 0. The van der Waals surface area contributed by atoms with Crippen molar-refractivity contribution in [1.82, 2.24) is 5.32 Å². The van der Waals surface area contributed by atoms with Crippen molar-refractivity contribution in [2.45, 2.75) is 39.2 Å². The Labute approximate surface area is 115 Å². The zero-order valence-electron chi connectivity index (χ0n) is 11.7. The molecule has 0 radical (unpaired) electrons. The van der Waals surface area contributed by atoms with Crippen LogP contribution in [0.1, 0.15) is 43.5 Å². The number of para-hydroxylation sites is 1. The van der Waals surface area contributed by atoms with Gasteiger partial charge >= 0.3 is 0 Å². The largest absolute Gasteiger partial charge is 0.384 e. The van der Waals surface area contributed by atoms with Gasteiger partial charge in [-0.05, 0) is 25.0 Å². The van der Waals surface area contributed by atoms with E-state index in [1.54, 1.807) is 0 Å². The number of terminal acetylenes is 1. The van der Waals surface area contributed by atoms with Crippen molar-refractivity contribution in [2.75, 3.05) is 11.9 Å². The standard InChI is InChI=1S/C16H22N2O/c1-4-9-13(6-3)18-16(19)14-10-7-8-11-15(14)17-12-5-2/h1,7-8,10-11,13,17H,5-6,9,12H2,2-3H3,(H,18,19). The molecule has 0 spiro atoms. The van der Waals surface area contributed by atoms with Crippen molar-refractivity contribution in [2.24, 2.45) is 0 Å². The number of carbonyl (C=O) groups excluding carboxylic acids is 1. The molecular formula is C16H22N2O. The zero-order chi connectivity index (χ0) is 14.1. The molecule has 102 valence electrons. The van der Waals surface area contributed by atoms with Crippen molar-refractivity contribution >= 4 is 11.6 Å². The lowest BCUT2D eigenvalue weighted by atomic mass is 10.1. The Bertz CT molecular complexity index is 448. The lowest BCUT2D eigenvalue weighted by Crippen LogP contribution is -2.34. The van der Waals surface area contributed by atoms with E-state index in [0.717, 1.165) is 25.1 Å². The summed E-state index contributed by atoms with van der Waals surface area (Å²) in [5, 5.41) is 6.25. The summed E-state index contributed by atoms with van der Waals surface area (Å²) in [5.74, 6) is 2.53. The molecule has 1 atom stereocenters. The van der Waals surface area contributed by atoms with Crippen molar-refractivity contribution in [3.63, 3.8) is 0 Å². The molecule has 0 aliphatic carbocycles. The lowest BCUT2D eigenvalue weighted by molar-refractivity contribution is 0.0937. The fraction of sp³-hybridized carbons (Fsp3) is 0.438. The van der Waals surface area contributed by atoms with E-state index >= 15 is 0 Å². The predicted molar refractivity (Wildman–Crippen MR) is 80.2 cm³/mol. The summed E-state index contributed by atoms with van der Waals surface area (Å²) in [6.45, 7) is 4.96. The fourth-order valence-corrected chi connectivity index (χ4v) is 1.80. The average molecular weight is 258 g/mol. The first-order valence-corrected chi connectivity index (χ1v) is 6.80. The molecule has 0 aliphatic heterocycles. The quantitative estimate of drug-likeness (QED) is 0.738. The van der Waals surface area contributed by atoms with Crippen LogP contribution in [0.4, 0.5) is 5.69 Å². The molecule has 1 amide bonds. The maximum Gasteiger partial charge on any atom is 0.253 e. The Morgan fingerprint density at radius 2 is 2.11 bits per heavy atom. The summed E-state index contributed by atoms with van der Waals surface area (Å²) in [4.78, 5) is 12.3. The molecule has 3 heteroatoms. The Morgan fingerprint density at radius 1 is 1.37 bits per heavy atom. The Morgan fingerprint density at radius 3 is 2.74 bits per heavy atom. The van der Waals surface area contributed by atoms with Crippen molar-refractivity contribution in [1.29, 1.82) is 0 Å². The summed E-state index contributed by atoms with van der Waals surface area (Å²) in [5.41, 5.74) is 1.55. The van der Waals surface area contributed by atoms with Gasteiger partial charge in [-0.1, -0.05) is 26.0 Å². The van der Waals surface area contributed by atoms with E-state index in [-0.39, 0.29) is 11.9 Å². The molecule has 0 fully saturated rings. The normalized spacial score (nSPS) is 11.4. The van der Waals surface area contributed by atoms with E-state index in [1.165, 1.54) is 0 Å². The van der Waals surface area contributed by atoms with Gasteiger partial charge in [-0.2, -0.15) is 0 Å². The maximum absolute atomic E-state index is 12.3. The number of rotatable bonds is 7. The number of carbonyl (C=O) groups is 1. The Balaban J connectivity index is 2.78. The van der Waals surface area contributed by atoms with E-state index < -0.39 is 0 Å². The molecule has 0 heterocycles. The highest BCUT2D eigenvalue weighted by atomic mass is 16.1. The molecule has 1 aromatic carbocycles. The van der Waals surface area contributed by atoms with Gasteiger partial charge < -0.3 is 10.6 Å². The Hall–Kier alpha value is -1.95. The van der Waals surface area contributed by atoms with Crippen LogP contribution < -0.4 is 10.6 Å². The van der Waals surface area contributed by atoms with Gasteiger partial charge in [0.15, 0.2) is 0 Å². The van der Waals surface area contributed by atoms with E-state index in [9.17, 15) is 4.79 Å². The minimum Gasteiger partial charge on any atom is -0.384 e. The van der Waals surface area contributed by atoms with Gasteiger partial charge in [0.05, 0.1) is 5.56 Å². The number of hydrogen-bond acceptors (Lipinski definition) is 2. The van der Waals surface area contributed by atoms with Crippen LogP contribution in [0.15, 0.2) is 24.3 Å². The molecule has 2 N–H and O–H groups in total. The minimum atomic E-state index is -0.0682. The molecule has 1 unspecified atom stereocenters. The molecule has 1 aromatic rings. The third-order valence-corrected chi connectivity index (χ3v) is 2.93. The highest BCUT2D eigenvalue weighted by Crippen LogP contribution is 2.15. The van der Waals surface area contributed by atoms with Crippen LogP contribution in [-0.4, -0.2) is 18.5 Å². The molecule has 0 saturated heterocycles. The van der Waals surface area contributed by atoms with Crippen molar-refractivity contribution < 1.29 is 4.79 Å². The molecule has 3 nitrogen and oxygen atoms in total. The molecule has 0 aliphatic rings. The van der Waals surface area contributed by atoms with Gasteiger partial charge in [-0.15, -0.1) is 12.3 Å². The second-order valence-electron chi connectivity index (χ2n) is 4.46. The van der Waals surface area contributed by atoms with Gasteiger partial charge in [0.25, 0.3) is 5.91 Å². The van der Waals surface area contributed by atoms with Gasteiger partial charge in [0.2, 0.25) is 0 Å². The van der Waals surface area contributed by atoms with E-state index in [2.05, 4.69) is 23.5 Å². The summed E-state index contributed by atoms with van der Waals surface area (Å²) < 4.78 is 0. The number of amides is 1. The van der Waals surface area contributed by atoms with Crippen LogP contribution in [0.3, 0.4) is 0 Å². The van der Waals surface area contributed by atoms with Crippen LogP contribution in [0, 0.1) is 12.3 Å². The van der Waals surface area contributed by atoms with Crippen LogP contribution in [0.25, 0.3) is 0 Å². The summed E-state index contributed by atoms with van der Waals surface area (Å²) >= 11 is 0. The second kappa shape index (κ2) is 8.20. The fourth-order valence-electron chi connectivity index (χ4n) is 1.80. The van der Waals surface area contributed by atoms with E-state index in [0.29, 0.717) is 12.0 Å². The second-order valence-corrected chi connectivity index (χ2v) is 4.46. The highest BCUT2D eigenvalue weighted by molar-refractivity contribution is 5.99. The van der Waals surface area contributed by atoms with Gasteiger partial charge in [0, 0.05) is 24.7 Å². The van der Waals surface area contributed by atoms with Crippen LogP contribution in [0.5, 0.6) is 0 Å². The highest BCUT2D eigenvalue weighted by Gasteiger charge is 2.14. The van der Waals surface area contributed by atoms with Crippen LogP contribution in [-0.2, 0) is 0 Å². The first kappa shape index (κ1) is 15.1. The predicted octanol–water partition coefficient (Wildman–Crippen LogP) is 3.04. The molecule has 1 rings (SSSR count). The minimum absolute atomic E-state index is 0.0386. The summed E-state index contributed by atoms with van der Waals surface area (Å²) in [6.07, 6.45) is 7.72. The zero-order valence-corrected chi connectivity index (χ0v) is 11.7. The number of anilines is 1. The molecule has 0 bridgehead atoms. The molecule has 0 aromatic heterocycles. The van der Waals surface area contributed by atoms with Gasteiger partial charge in [0.1, 0.15) is 0 Å². The van der Waals surface area contributed by atoms with Gasteiger partial charge in [-0.3, -0.25) is 4.79 Å². The monoisotopic (exact) mass is 258 g/mol. The summed E-state index contributed by atoms with van der Waals surface area (Å²) in [6, 6.07) is 7.58. The van der Waals surface area contributed by atoms with Crippen LogP contribution in [0.2, 0.25) is 0 Å². The van der Waals surface area contributed by atoms with Gasteiger partial charge in [-0.25, -0.2) is 0 Å². The molecule has 19 heavy (non-hydrogen) atoms. The van der Waals surface area contributed by atoms with Crippen LogP contribution >= 0.6 is 0 Å². The van der Waals surface area contributed by atoms with Crippen molar-refractivity contribution in [3.8, 4) is 12.3 Å². The number of benzene rings is 1. The van der Waals surface area contributed by atoms with E-state index in [1.807, 2.05) is 31.2 Å². The SMILES string of the molecule is C#CCC(CC)NC(=O)c1ccccc1NCCC. The Kier molecular flexibility index (Phi) is 6.52. The topological polar surface area (TPSA) is 41.1 Å². The maximum atomic E-state index is 12.3. The first-order valence-electron chi connectivity index (χ1n) is 6.80. The smallest absolute Gasteiger partial charge is 0.253 e. The number of nitrogens with one attached hydrogen (secondary N) is 2. The third kappa shape index (κ3) is 4.67. The molecular weight excluding hydrogens is 236 g/mol. The van der Waals surface area contributed by atoms with Crippen molar-refractivity contribution in [3.05, 3.63) is 29.8 Å². The average Bonchev–Trinajstić information content (AvgIpc) is 2.44. The molecule has 0 saturated carbocycles. The number of hydrogen-bond donors (Lipinski definition) is 2. The third-order valence-electron chi connectivity index (χ3n) is 2.93. The first-order chi connectivity index (χ1) is 9.22. The lowest BCUT2D eigenvalue weighted by Gasteiger charge is -2.16.